The lowest BCUT2D eigenvalue weighted by Crippen LogP contribution is -2.50. The molecule has 2 aromatic carbocycles. The fraction of sp³-hybridized carbons (Fsp3) is 0.278. The van der Waals surface area contributed by atoms with E-state index in [4.69, 9.17) is 40.2 Å². The Morgan fingerprint density at radius 3 is 2.28 bits per heavy atom. The lowest BCUT2D eigenvalue weighted by atomic mass is 10.2. The van der Waals surface area contributed by atoms with Crippen LogP contribution in [0.3, 0.4) is 0 Å². The third kappa shape index (κ3) is 4.48. The van der Waals surface area contributed by atoms with Gasteiger partial charge >= 0.3 is 0 Å². The minimum absolute atomic E-state index is 0.578. The molecule has 0 saturated carbocycles. The van der Waals surface area contributed by atoms with Crippen molar-refractivity contribution in [3.63, 3.8) is 0 Å². The van der Waals surface area contributed by atoms with Gasteiger partial charge < -0.3 is 19.9 Å². The number of methoxy groups -OCH3 is 1. The smallest absolute Gasteiger partial charge is 0.173 e. The van der Waals surface area contributed by atoms with Crippen molar-refractivity contribution in [3.8, 4) is 5.75 Å². The topological polar surface area (TPSA) is 27.7 Å². The summed E-state index contributed by atoms with van der Waals surface area (Å²) in [6.45, 7) is 3.45. The molecule has 1 fully saturated rings. The first-order chi connectivity index (χ1) is 12.1. The molecule has 25 heavy (non-hydrogen) atoms. The summed E-state index contributed by atoms with van der Waals surface area (Å²) in [5.41, 5.74) is 2.04. The van der Waals surface area contributed by atoms with Gasteiger partial charge in [-0.15, -0.1) is 0 Å². The fourth-order valence-electron chi connectivity index (χ4n) is 2.73. The van der Waals surface area contributed by atoms with E-state index in [2.05, 4.69) is 15.1 Å². The van der Waals surface area contributed by atoms with Gasteiger partial charge in [0.25, 0.3) is 0 Å². The van der Waals surface area contributed by atoms with Crippen molar-refractivity contribution in [3.05, 3.63) is 52.5 Å². The van der Waals surface area contributed by atoms with Crippen molar-refractivity contribution in [1.82, 2.24) is 4.90 Å². The zero-order valence-electron chi connectivity index (χ0n) is 13.8. The Balaban J connectivity index is 1.55. The molecule has 3 rings (SSSR count). The molecule has 0 radical (unpaired) electrons. The largest absolute Gasteiger partial charge is 0.497 e. The van der Waals surface area contributed by atoms with Crippen molar-refractivity contribution < 1.29 is 4.74 Å². The van der Waals surface area contributed by atoms with Crippen LogP contribution in [0.2, 0.25) is 10.0 Å². The van der Waals surface area contributed by atoms with Gasteiger partial charge in [0.1, 0.15) is 5.75 Å². The molecule has 1 saturated heterocycles. The van der Waals surface area contributed by atoms with Crippen LogP contribution in [0.25, 0.3) is 0 Å². The molecule has 0 atom stereocenters. The molecule has 1 heterocycles. The van der Waals surface area contributed by atoms with E-state index >= 15 is 0 Å². The molecule has 0 bridgehead atoms. The minimum atomic E-state index is 0.578. The van der Waals surface area contributed by atoms with Crippen LogP contribution in [0.1, 0.15) is 0 Å². The lowest BCUT2D eigenvalue weighted by molar-refractivity contribution is 0.391. The second-order valence-corrected chi connectivity index (χ2v) is 6.93. The van der Waals surface area contributed by atoms with Crippen LogP contribution in [0.5, 0.6) is 5.75 Å². The van der Waals surface area contributed by atoms with Crippen LogP contribution in [-0.2, 0) is 0 Å². The van der Waals surface area contributed by atoms with Crippen molar-refractivity contribution in [2.24, 2.45) is 0 Å². The molecule has 0 unspecified atom stereocenters. The van der Waals surface area contributed by atoms with Crippen LogP contribution in [0.15, 0.2) is 42.5 Å². The molecule has 4 nitrogen and oxygen atoms in total. The van der Waals surface area contributed by atoms with Gasteiger partial charge in [0.05, 0.1) is 17.2 Å². The number of rotatable bonds is 3. The number of nitrogens with zero attached hydrogens (tertiary/aromatic N) is 2. The van der Waals surface area contributed by atoms with E-state index in [1.165, 1.54) is 0 Å². The predicted octanol–water partition coefficient (Wildman–Crippen LogP) is 4.52. The number of thiocarbonyl (C=S) groups is 1. The van der Waals surface area contributed by atoms with Crippen molar-refractivity contribution in [1.29, 1.82) is 0 Å². The van der Waals surface area contributed by atoms with Gasteiger partial charge in [-0.2, -0.15) is 0 Å². The maximum Gasteiger partial charge on any atom is 0.173 e. The summed E-state index contributed by atoms with van der Waals surface area (Å²) < 4.78 is 5.17. The number of ether oxygens (including phenoxy) is 1. The Kier molecular flexibility index (Phi) is 5.89. The highest BCUT2D eigenvalue weighted by molar-refractivity contribution is 7.80. The lowest BCUT2D eigenvalue weighted by Gasteiger charge is -2.37. The first kappa shape index (κ1) is 18.1. The van der Waals surface area contributed by atoms with E-state index in [0.29, 0.717) is 10.0 Å². The Hall–Kier alpha value is -1.69. The summed E-state index contributed by atoms with van der Waals surface area (Å²) in [7, 11) is 1.65. The van der Waals surface area contributed by atoms with E-state index in [9.17, 15) is 0 Å². The quantitative estimate of drug-likeness (QED) is 0.771. The Bertz CT molecular complexity index is 746. The number of halogens is 2. The first-order valence-electron chi connectivity index (χ1n) is 7.97. The highest BCUT2D eigenvalue weighted by atomic mass is 35.5. The molecule has 0 spiro atoms. The summed E-state index contributed by atoms with van der Waals surface area (Å²) in [6, 6.07) is 13.5. The Morgan fingerprint density at radius 1 is 1.00 bits per heavy atom. The van der Waals surface area contributed by atoms with E-state index in [1.807, 2.05) is 42.5 Å². The maximum atomic E-state index is 6.12. The zero-order valence-corrected chi connectivity index (χ0v) is 16.2. The van der Waals surface area contributed by atoms with Crippen molar-refractivity contribution in [2.45, 2.75) is 0 Å². The molecule has 0 aliphatic carbocycles. The van der Waals surface area contributed by atoms with Gasteiger partial charge in [0.15, 0.2) is 5.11 Å². The third-order valence-corrected chi connectivity index (χ3v) is 5.28. The molecule has 1 aliphatic rings. The van der Waals surface area contributed by atoms with Gasteiger partial charge in [-0.1, -0.05) is 23.2 Å². The number of piperazine rings is 1. The van der Waals surface area contributed by atoms with Gasteiger partial charge in [-0.25, -0.2) is 0 Å². The fourth-order valence-corrected chi connectivity index (χ4v) is 3.32. The molecule has 1 N–H and O–H groups in total. The third-order valence-electron chi connectivity index (χ3n) is 4.18. The number of hydrogen-bond acceptors (Lipinski definition) is 3. The molecular formula is C18H19Cl2N3OS. The Morgan fingerprint density at radius 2 is 1.68 bits per heavy atom. The molecule has 1 aliphatic heterocycles. The number of benzene rings is 2. The molecule has 2 aromatic rings. The van der Waals surface area contributed by atoms with Crippen molar-refractivity contribution in [2.75, 3.05) is 43.5 Å². The summed E-state index contributed by atoms with van der Waals surface area (Å²) in [4.78, 5) is 4.46. The summed E-state index contributed by atoms with van der Waals surface area (Å²) in [6.07, 6.45) is 0. The van der Waals surface area contributed by atoms with E-state index in [1.54, 1.807) is 7.11 Å². The first-order valence-corrected chi connectivity index (χ1v) is 9.13. The highest BCUT2D eigenvalue weighted by Crippen LogP contribution is 2.27. The highest BCUT2D eigenvalue weighted by Gasteiger charge is 2.19. The van der Waals surface area contributed by atoms with Gasteiger partial charge in [0, 0.05) is 37.6 Å². The van der Waals surface area contributed by atoms with Crippen LogP contribution < -0.4 is 15.0 Å². The summed E-state index contributed by atoms with van der Waals surface area (Å²) in [5, 5.41) is 5.17. The second kappa shape index (κ2) is 8.13. The number of hydrogen-bond donors (Lipinski definition) is 1. The second-order valence-electron chi connectivity index (χ2n) is 5.73. The van der Waals surface area contributed by atoms with E-state index in [-0.39, 0.29) is 0 Å². The average molecular weight is 396 g/mol. The minimum Gasteiger partial charge on any atom is -0.497 e. The molecular weight excluding hydrogens is 377 g/mol. The van der Waals surface area contributed by atoms with E-state index < -0.39 is 0 Å². The standard InChI is InChI=1S/C18H19Cl2N3OS/c1-24-15-5-2-13(3-6-15)21-18(25)23-10-8-22(9-11-23)14-4-7-16(19)17(20)12-14/h2-7,12H,8-11H2,1H3,(H,21,25). The van der Waals surface area contributed by atoms with Crippen LogP contribution in [0.4, 0.5) is 11.4 Å². The van der Waals surface area contributed by atoms with Gasteiger partial charge in [0.2, 0.25) is 0 Å². The van der Waals surface area contributed by atoms with Crippen LogP contribution >= 0.6 is 35.4 Å². The number of anilines is 2. The summed E-state index contributed by atoms with van der Waals surface area (Å²) >= 11 is 17.6. The van der Waals surface area contributed by atoms with Crippen LogP contribution in [-0.4, -0.2) is 43.3 Å². The predicted molar refractivity (Wildman–Crippen MR) is 109 cm³/mol. The molecule has 0 aromatic heterocycles. The number of nitrogens with one attached hydrogen (secondary N) is 1. The van der Waals surface area contributed by atoms with E-state index in [0.717, 1.165) is 48.4 Å². The van der Waals surface area contributed by atoms with Crippen LogP contribution in [0, 0.1) is 0 Å². The monoisotopic (exact) mass is 395 g/mol. The summed E-state index contributed by atoms with van der Waals surface area (Å²) in [5.74, 6) is 0.826. The molecule has 7 heteroatoms. The SMILES string of the molecule is COc1ccc(NC(=S)N2CCN(c3ccc(Cl)c(Cl)c3)CC2)cc1. The Labute approximate surface area is 163 Å². The average Bonchev–Trinajstić information content (AvgIpc) is 2.65. The normalized spacial score (nSPS) is 14.4. The van der Waals surface area contributed by atoms with Crippen molar-refractivity contribution >= 4 is 51.9 Å². The molecule has 132 valence electrons. The zero-order chi connectivity index (χ0) is 17.8. The van der Waals surface area contributed by atoms with Gasteiger partial charge in [-0.05, 0) is 54.7 Å². The van der Waals surface area contributed by atoms with Gasteiger partial charge in [-0.3, -0.25) is 0 Å². The maximum absolute atomic E-state index is 6.12. The molecule has 0 amide bonds.